The zero-order valence-corrected chi connectivity index (χ0v) is 8.09. The first-order chi connectivity index (χ1) is 6.61. The van der Waals surface area contributed by atoms with Crippen molar-refractivity contribution in [2.75, 3.05) is 0 Å². The molecule has 0 amide bonds. The summed E-state index contributed by atoms with van der Waals surface area (Å²) in [6.45, 7) is 0. The van der Waals surface area contributed by atoms with Gasteiger partial charge in [-0.15, -0.1) is 0 Å². The van der Waals surface area contributed by atoms with Gasteiger partial charge in [0.2, 0.25) is 0 Å². The van der Waals surface area contributed by atoms with Crippen LogP contribution in [-0.2, 0) is 9.85 Å². The zero-order valence-electron chi connectivity index (χ0n) is 7.19. The summed E-state index contributed by atoms with van der Waals surface area (Å²) in [4.78, 5) is 19.4. The molecule has 9 heteroatoms. The summed E-state index contributed by atoms with van der Waals surface area (Å²) in [5.74, 6) is 0. The highest BCUT2D eigenvalue weighted by Gasteiger charge is 2.65. The van der Waals surface area contributed by atoms with E-state index in [0.29, 0.717) is 0 Å². The van der Waals surface area contributed by atoms with Crippen molar-refractivity contribution in [2.45, 2.75) is 11.5 Å². The van der Waals surface area contributed by atoms with Crippen LogP contribution in [0.1, 0.15) is 5.69 Å². The second kappa shape index (κ2) is 3.34. The summed E-state index contributed by atoms with van der Waals surface area (Å²) in [6.07, 6.45) is -4.16. The number of H-pyrrole nitrogens is 1. The largest absolute Gasteiger partial charge is 0.423 e. The molecule has 1 aromatic rings. The molecule has 5 N–H and O–H groups in total. The Morgan fingerprint density at radius 2 is 1.93 bits per heavy atom. The summed E-state index contributed by atoms with van der Waals surface area (Å²) in [7, 11) is -5.58. The Bertz CT molecular complexity index is 385. The van der Waals surface area contributed by atoms with Gasteiger partial charge in [0.15, 0.2) is 0 Å². The summed E-state index contributed by atoms with van der Waals surface area (Å²) in [5.41, 5.74) is 4.02. The molecule has 0 aliphatic rings. The molecule has 0 spiro atoms. The number of alkyl halides is 3. The minimum absolute atomic E-state index is 0.775. The van der Waals surface area contributed by atoms with E-state index in [2.05, 4.69) is 4.98 Å². The summed E-state index contributed by atoms with van der Waals surface area (Å²) >= 11 is 0. The Morgan fingerprint density at radius 3 is 2.20 bits per heavy atom. The van der Waals surface area contributed by atoms with Gasteiger partial charge in [-0.3, -0.25) is 4.57 Å². The van der Waals surface area contributed by atoms with E-state index in [1.54, 1.807) is 0 Å². The topological polar surface area (TPSA) is 99.3 Å². The van der Waals surface area contributed by atoms with Crippen LogP contribution >= 0.6 is 7.60 Å². The fraction of sp³-hybridized carbons (Fsp3) is 0.333. The number of aromatic nitrogens is 1. The van der Waals surface area contributed by atoms with Crippen molar-refractivity contribution in [3.05, 3.63) is 24.0 Å². The van der Waals surface area contributed by atoms with Gasteiger partial charge in [0.1, 0.15) is 0 Å². The highest BCUT2D eigenvalue weighted by atomic mass is 31.2. The maximum Gasteiger partial charge on any atom is 0.423 e. The molecule has 1 rings (SSSR count). The van der Waals surface area contributed by atoms with Crippen LogP contribution in [-0.4, -0.2) is 20.9 Å². The lowest BCUT2D eigenvalue weighted by Crippen LogP contribution is -2.50. The van der Waals surface area contributed by atoms with Crippen LogP contribution in [0.4, 0.5) is 13.2 Å². The molecule has 86 valence electrons. The second-order valence-electron chi connectivity index (χ2n) is 2.89. The zero-order chi connectivity index (χ0) is 11.9. The molecular formula is C6H8F3N2O3P. The molecule has 1 unspecified atom stereocenters. The SMILES string of the molecule is NC(c1ccc[nH]1)(C(F)(F)F)P(=O)(O)O. The molecule has 15 heavy (non-hydrogen) atoms. The van der Waals surface area contributed by atoms with Crippen molar-refractivity contribution in [1.82, 2.24) is 4.98 Å². The first-order valence-corrected chi connectivity index (χ1v) is 5.27. The van der Waals surface area contributed by atoms with Gasteiger partial charge >= 0.3 is 13.8 Å². The van der Waals surface area contributed by atoms with Crippen LogP contribution in [0.2, 0.25) is 0 Å². The van der Waals surface area contributed by atoms with Gasteiger partial charge in [0, 0.05) is 6.20 Å². The number of rotatable bonds is 2. The molecule has 0 saturated heterocycles. The third kappa shape index (κ3) is 1.81. The molecule has 0 radical (unpaired) electrons. The molecule has 0 aromatic carbocycles. The van der Waals surface area contributed by atoms with Crippen LogP contribution in [0.3, 0.4) is 0 Å². The lowest BCUT2D eigenvalue weighted by Gasteiger charge is -2.31. The summed E-state index contributed by atoms with van der Waals surface area (Å²) < 4.78 is 48.4. The van der Waals surface area contributed by atoms with Gasteiger partial charge in [-0.2, -0.15) is 13.2 Å². The molecule has 0 bridgehead atoms. The Kier molecular flexibility index (Phi) is 2.73. The van der Waals surface area contributed by atoms with E-state index in [-0.39, 0.29) is 0 Å². The van der Waals surface area contributed by atoms with Gasteiger partial charge in [-0.25, -0.2) is 0 Å². The Balaban J connectivity index is 3.40. The number of hydrogen-bond donors (Lipinski definition) is 4. The molecular weight excluding hydrogens is 236 g/mol. The minimum atomic E-state index is -5.58. The second-order valence-corrected chi connectivity index (χ2v) is 4.69. The molecule has 0 saturated carbocycles. The van der Waals surface area contributed by atoms with Gasteiger partial charge in [0.25, 0.3) is 5.28 Å². The molecule has 1 atom stereocenters. The quantitative estimate of drug-likeness (QED) is 0.580. The molecule has 5 nitrogen and oxygen atoms in total. The highest BCUT2D eigenvalue weighted by Crippen LogP contribution is 2.60. The molecule has 0 fully saturated rings. The van der Waals surface area contributed by atoms with Crippen LogP contribution in [0, 0.1) is 0 Å². The number of hydrogen-bond acceptors (Lipinski definition) is 2. The van der Waals surface area contributed by atoms with Crippen molar-refractivity contribution >= 4 is 7.60 Å². The van der Waals surface area contributed by atoms with Crippen molar-refractivity contribution in [3.8, 4) is 0 Å². The van der Waals surface area contributed by atoms with Gasteiger partial charge in [-0.1, -0.05) is 0 Å². The first kappa shape index (κ1) is 12.3. The third-order valence-electron chi connectivity index (χ3n) is 1.90. The van der Waals surface area contributed by atoms with Gasteiger partial charge in [-0.05, 0) is 12.1 Å². The molecule has 0 aliphatic carbocycles. The van der Waals surface area contributed by atoms with Crippen molar-refractivity contribution in [1.29, 1.82) is 0 Å². The Hall–Kier alpha value is -0.820. The van der Waals surface area contributed by atoms with Crippen LogP contribution < -0.4 is 5.73 Å². The van der Waals surface area contributed by atoms with E-state index in [0.717, 1.165) is 12.3 Å². The van der Waals surface area contributed by atoms with E-state index >= 15 is 0 Å². The van der Waals surface area contributed by atoms with E-state index < -0.39 is 24.7 Å². The average Bonchev–Trinajstić information content (AvgIpc) is 2.49. The maximum absolute atomic E-state index is 12.5. The molecule has 1 heterocycles. The van der Waals surface area contributed by atoms with E-state index in [9.17, 15) is 17.7 Å². The Labute approximate surface area is 82.3 Å². The van der Waals surface area contributed by atoms with Crippen LogP contribution in [0.15, 0.2) is 18.3 Å². The Morgan fingerprint density at radius 1 is 1.40 bits per heavy atom. The van der Waals surface area contributed by atoms with Crippen LogP contribution in [0.5, 0.6) is 0 Å². The number of aromatic amines is 1. The van der Waals surface area contributed by atoms with Crippen LogP contribution in [0.25, 0.3) is 0 Å². The summed E-state index contributed by atoms with van der Waals surface area (Å²) in [6, 6.07) is 2.03. The predicted molar refractivity (Wildman–Crippen MR) is 44.8 cm³/mol. The minimum Gasteiger partial charge on any atom is -0.363 e. The smallest absolute Gasteiger partial charge is 0.363 e. The fourth-order valence-electron chi connectivity index (χ4n) is 1.04. The summed E-state index contributed by atoms with van der Waals surface area (Å²) in [5, 5.41) is -3.69. The first-order valence-electron chi connectivity index (χ1n) is 3.66. The van der Waals surface area contributed by atoms with Crippen molar-refractivity contribution in [3.63, 3.8) is 0 Å². The number of nitrogens with two attached hydrogens (primary N) is 1. The number of halogens is 3. The average molecular weight is 244 g/mol. The van der Waals surface area contributed by atoms with E-state index in [1.165, 1.54) is 6.07 Å². The van der Waals surface area contributed by atoms with E-state index in [4.69, 9.17) is 15.5 Å². The lowest BCUT2D eigenvalue weighted by atomic mass is 10.2. The van der Waals surface area contributed by atoms with Crippen molar-refractivity contribution in [2.24, 2.45) is 5.73 Å². The lowest BCUT2D eigenvalue weighted by molar-refractivity contribution is -0.169. The highest BCUT2D eigenvalue weighted by molar-refractivity contribution is 7.53. The van der Waals surface area contributed by atoms with E-state index in [1.807, 2.05) is 0 Å². The van der Waals surface area contributed by atoms with Crippen molar-refractivity contribution < 1.29 is 27.5 Å². The standard InChI is InChI=1S/C6H8F3N2O3P/c7-6(8,9)5(10,15(12,13)14)4-2-1-3-11-4/h1-3,11H,10H2,(H2,12,13,14). The van der Waals surface area contributed by atoms with Gasteiger partial charge < -0.3 is 20.5 Å². The molecule has 0 aliphatic heterocycles. The normalized spacial score (nSPS) is 17.5. The maximum atomic E-state index is 12.5. The molecule has 1 aromatic heterocycles. The fourth-order valence-corrected chi connectivity index (χ4v) is 1.83. The third-order valence-corrected chi connectivity index (χ3v) is 3.31. The predicted octanol–water partition coefficient (Wildman–Crippen LogP) is 0.866. The monoisotopic (exact) mass is 244 g/mol. The number of nitrogens with one attached hydrogen (secondary N) is 1. The van der Waals surface area contributed by atoms with Gasteiger partial charge in [0.05, 0.1) is 5.69 Å².